The monoisotopic (exact) mass is 1470 g/mol. The standard InChI is InChI=1S/C112H70N4/c1-4-24-87(25-5-1)113-107-40-18-14-34-97(107)103-67-76(51-56-109(103)113)83-58-81(59-84(60-83)77-52-57-110-104(68-77)98-35-15-19-41-108(98)114(110)88-26-6-2-7-27-88)75-47-45-73-48-53-94-92(36-21-37-93(94)102(73)66-75)80-23-20-30-90(64-80)116-106-39-17-13-33-96(106)100-55-50-79(70-112(100)116)86-62-82(74-46-44-72-43-42-71-22-10-11-31-91(71)101(72)65-74)61-85(63-86)78-49-54-99-95-32-12-16-38-105(95)115(111(99)69-78)89-28-8-3-9-29-89/h1-70H. The Labute approximate surface area is 669 Å². The number of hydrogen-bond donors (Lipinski definition) is 0. The fraction of sp³-hybridized carbons (Fsp3) is 0. The summed E-state index contributed by atoms with van der Waals surface area (Å²) in [5.74, 6) is 0. The van der Waals surface area contributed by atoms with Crippen molar-refractivity contribution in [2.45, 2.75) is 0 Å². The summed E-state index contributed by atoms with van der Waals surface area (Å²) in [5.41, 5.74) is 30.2. The van der Waals surface area contributed by atoms with Gasteiger partial charge in [0.2, 0.25) is 0 Å². The van der Waals surface area contributed by atoms with Gasteiger partial charge < -0.3 is 18.3 Å². The molecule has 24 aromatic rings. The van der Waals surface area contributed by atoms with Crippen molar-refractivity contribution in [1.82, 2.24) is 18.3 Å². The average molecular weight is 1470 g/mol. The van der Waals surface area contributed by atoms with E-state index in [0.29, 0.717) is 0 Å². The smallest absolute Gasteiger partial charge is 0.0547 e. The number of para-hydroxylation sites is 7. The summed E-state index contributed by atoms with van der Waals surface area (Å²) in [4.78, 5) is 0. The Bertz CT molecular complexity index is 8020. The third kappa shape index (κ3) is 10.5. The van der Waals surface area contributed by atoms with Gasteiger partial charge >= 0.3 is 0 Å². The Kier molecular flexibility index (Phi) is 14.7. The molecule has 0 atom stereocenters. The highest BCUT2D eigenvalue weighted by Gasteiger charge is 2.22. The van der Waals surface area contributed by atoms with Gasteiger partial charge in [-0.1, -0.05) is 267 Å². The van der Waals surface area contributed by atoms with Crippen molar-refractivity contribution in [3.05, 3.63) is 425 Å². The van der Waals surface area contributed by atoms with Crippen LogP contribution in [0.1, 0.15) is 0 Å². The predicted molar refractivity (Wildman–Crippen MR) is 492 cm³/mol. The Morgan fingerprint density at radius 1 is 0.112 bits per heavy atom. The Morgan fingerprint density at radius 2 is 0.397 bits per heavy atom. The van der Waals surface area contributed by atoms with Crippen molar-refractivity contribution in [2.75, 3.05) is 0 Å². The molecule has 20 aromatic carbocycles. The van der Waals surface area contributed by atoms with E-state index < -0.39 is 0 Å². The predicted octanol–water partition coefficient (Wildman–Crippen LogP) is 30.4. The maximum absolute atomic E-state index is 2.49. The van der Waals surface area contributed by atoms with E-state index in [-0.39, 0.29) is 0 Å². The van der Waals surface area contributed by atoms with Crippen LogP contribution in [0, 0.1) is 0 Å². The molecule has 4 aromatic heterocycles. The summed E-state index contributed by atoms with van der Waals surface area (Å²) in [6.07, 6.45) is 0. The molecule has 0 saturated heterocycles. The number of benzene rings is 20. The molecule has 0 fully saturated rings. The minimum atomic E-state index is 1.10. The first-order valence-corrected chi connectivity index (χ1v) is 40.1. The number of nitrogens with zero attached hydrogens (tertiary/aromatic N) is 4. The molecule has 0 spiro atoms. The zero-order valence-corrected chi connectivity index (χ0v) is 63.2. The van der Waals surface area contributed by atoms with Crippen LogP contribution in [0.15, 0.2) is 425 Å². The van der Waals surface area contributed by atoms with Crippen molar-refractivity contribution in [1.29, 1.82) is 0 Å². The summed E-state index contributed by atoms with van der Waals surface area (Å²) < 4.78 is 9.72. The average Bonchev–Trinajstić information content (AvgIpc) is 1.63. The molecule has 0 N–H and O–H groups in total. The lowest BCUT2D eigenvalue weighted by Crippen LogP contribution is -1.95. The first kappa shape index (κ1) is 65.4. The summed E-state index contributed by atoms with van der Waals surface area (Å²) in [6, 6.07) is 159. The van der Waals surface area contributed by atoms with Crippen molar-refractivity contribution >= 4 is 130 Å². The maximum atomic E-state index is 2.49. The van der Waals surface area contributed by atoms with Gasteiger partial charge in [0, 0.05) is 65.8 Å². The largest absolute Gasteiger partial charge is 0.309 e. The molecule has 0 unspecified atom stereocenters. The van der Waals surface area contributed by atoms with E-state index in [1.165, 1.54) is 130 Å². The van der Waals surface area contributed by atoms with Gasteiger partial charge in [0.15, 0.2) is 0 Å². The molecule has 4 nitrogen and oxygen atoms in total. The molecule has 0 radical (unpaired) electrons. The van der Waals surface area contributed by atoms with Crippen molar-refractivity contribution in [3.8, 4) is 101 Å². The van der Waals surface area contributed by atoms with Gasteiger partial charge in [0.05, 0.1) is 44.1 Å². The summed E-state index contributed by atoms with van der Waals surface area (Å²) in [5, 5.41) is 19.6. The summed E-state index contributed by atoms with van der Waals surface area (Å²) in [7, 11) is 0. The minimum Gasteiger partial charge on any atom is -0.309 e. The molecule has 0 bridgehead atoms. The second-order valence-electron chi connectivity index (χ2n) is 31.1. The fourth-order valence-electron chi connectivity index (χ4n) is 19.2. The van der Waals surface area contributed by atoms with Gasteiger partial charge in [0.1, 0.15) is 0 Å². The second kappa shape index (κ2) is 26.1. The number of fused-ring (bicyclic) bond motifs is 18. The van der Waals surface area contributed by atoms with E-state index in [2.05, 4.69) is 443 Å². The molecule has 0 amide bonds. The molecule has 0 aliphatic carbocycles. The molecule has 538 valence electrons. The van der Waals surface area contributed by atoms with Gasteiger partial charge in [-0.2, -0.15) is 0 Å². The fourth-order valence-corrected chi connectivity index (χ4v) is 19.2. The van der Waals surface area contributed by atoms with Crippen LogP contribution in [0.4, 0.5) is 0 Å². The molecule has 0 aliphatic heterocycles. The van der Waals surface area contributed by atoms with Gasteiger partial charge in [-0.05, 0) is 279 Å². The molecule has 116 heavy (non-hydrogen) atoms. The van der Waals surface area contributed by atoms with Crippen molar-refractivity contribution in [3.63, 3.8) is 0 Å². The van der Waals surface area contributed by atoms with E-state index in [1.807, 2.05) is 0 Å². The Hall–Kier alpha value is -15.4. The lowest BCUT2D eigenvalue weighted by Gasteiger charge is -2.15. The summed E-state index contributed by atoms with van der Waals surface area (Å²) >= 11 is 0. The van der Waals surface area contributed by atoms with Crippen molar-refractivity contribution in [2.24, 2.45) is 0 Å². The van der Waals surface area contributed by atoms with E-state index in [4.69, 9.17) is 0 Å². The van der Waals surface area contributed by atoms with Crippen LogP contribution < -0.4 is 0 Å². The highest BCUT2D eigenvalue weighted by molar-refractivity contribution is 6.17. The third-order valence-electron chi connectivity index (χ3n) is 24.6. The van der Waals surface area contributed by atoms with Crippen LogP contribution >= 0.6 is 0 Å². The Balaban J connectivity index is 0.641. The third-order valence-corrected chi connectivity index (χ3v) is 24.6. The lowest BCUT2D eigenvalue weighted by atomic mass is 9.90. The molecule has 0 saturated carbocycles. The van der Waals surface area contributed by atoms with Gasteiger partial charge in [-0.15, -0.1) is 0 Å². The highest BCUT2D eigenvalue weighted by Crippen LogP contribution is 2.46. The first-order chi connectivity index (χ1) is 57.5. The highest BCUT2D eigenvalue weighted by atomic mass is 15.0. The van der Waals surface area contributed by atoms with Crippen LogP contribution in [-0.2, 0) is 0 Å². The van der Waals surface area contributed by atoms with E-state index in [9.17, 15) is 0 Å². The molecule has 4 heteroatoms. The normalized spacial score (nSPS) is 12.0. The van der Waals surface area contributed by atoms with Gasteiger partial charge in [-0.25, -0.2) is 0 Å². The van der Waals surface area contributed by atoms with Gasteiger partial charge in [0.25, 0.3) is 0 Å². The number of hydrogen-bond acceptors (Lipinski definition) is 0. The van der Waals surface area contributed by atoms with Crippen LogP contribution in [-0.4, -0.2) is 18.3 Å². The molecular weight excluding hydrogens is 1400 g/mol. The molecule has 24 rings (SSSR count). The number of aromatic nitrogens is 4. The topological polar surface area (TPSA) is 19.7 Å². The van der Waals surface area contributed by atoms with Crippen LogP contribution in [0.3, 0.4) is 0 Å². The number of rotatable bonds is 11. The van der Waals surface area contributed by atoms with Crippen LogP contribution in [0.2, 0.25) is 0 Å². The van der Waals surface area contributed by atoms with E-state index in [0.717, 1.165) is 101 Å². The van der Waals surface area contributed by atoms with E-state index >= 15 is 0 Å². The van der Waals surface area contributed by atoms with E-state index in [1.54, 1.807) is 0 Å². The lowest BCUT2D eigenvalue weighted by molar-refractivity contribution is 1.18. The maximum Gasteiger partial charge on any atom is 0.0547 e. The zero-order valence-electron chi connectivity index (χ0n) is 63.2. The minimum absolute atomic E-state index is 1.10. The summed E-state index contributed by atoms with van der Waals surface area (Å²) in [6.45, 7) is 0. The molecular formula is C112H70N4. The zero-order chi connectivity index (χ0) is 76.1. The van der Waals surface area contributed by atoms with Gasteiger partial charge in [-0.3, -0.25) is 0 Å². The SMILES string of the molecule is c1ccc(-n2c3ccccc3c3cc(-c4cc(-c5ccc6ccc7c(-c8cccc(-n9c%10ccccc%10c%10ccc(-c%11cc(-c%12ccc%13ccc%14ccccc%14c%13c%12)cc(-c%12ccc%13c%14ccccc%14n(-c%14ccccc%14)c%13c%12)c%11)cc%109)c8)cccc7c6c5)cc(-c5ccc6c(c5)c5ccccc5n6-c5ccccc5)c4)ccc32)cc1. The second-order valence-corrected chi connectivity index (χ2v) is 31.1. The first-order valence-electron chi connectivity index (χ1n) is 40.1. The van der Waals surface area contributed by atoms with Crippen LogP contribution in [0.25, 0.3) is 231 Å². The molecule has 0 aliphatic rings. The molecule has 4 heterocycles. The van der Waals surface area contributed by atoms with Crippen LogP contribution in [0.5, 0.6) is 0 Å². The quantitative estimate of drug-likeness (QED) is 0.115. The van der Waals surface area contributed by atoms with Crippen molar-refractivity contribution < 1.29 is 0 Å². The Morgan fingerprint density at radius 3 is 0.862 bits per heavy atom.